The van der Waals surface area contributed by atoms with Crippen LogP contribution < -0.4 is 15.5 Å². The van der Waals surface area contributed by atoms with E-state index < -0.39 is 6.23 Å². The van der Waals surface area contributed by atoms with Crippen LogP contribution in [0.25, 0.3) is 11.3 Å². The molecule has 2 heterocycles. The second-order valence-corrected chi connectivity index (χ2v) is 7.55. The van der Waals surface area contributed by atoms with Crippen LogP contribution in [-0.2, 0) is 0 Å². The predicted octanol–water partition coefficient (Wildman–Crippen LogP) is 3.61. The Balaban J connectivity index is 1.89. The lowest BCUT2D eigenvalue weighted by atomic mass is 9.72. The van der Waals surface area contributed by atoms with E-state index in [1.54, 1.807) is 0 Å². The predicted molar refractivity (Wildman–Crippen MR) is 111 cm³/mol. The highest BCUT2D eigenvalue weighted by Gasteiger charge is 2.28. The van der Waals surface area contributed by atoms with Crippen molar-refractivity contribution in [3.05, 3.63) is 46.4 Å². The highest BCUT2D eigenvalue weighted by atomic mass is 79.9. The zero-order valence-corrected chi connectivity index (χ0v) is 17.0. The van der Waals surface area contributed by atoms with Gasteiger partial charge in [-0.15, -0.1) is 10.2 Å². The van der Waals surface area contributed by atoms with Crippen LogP contribution in [0.15, 0.2) is 46.0 Å². The van der Waals surface area contributed by atoms with Crippen molar-refractivity contribution in [1.29, 1.82) is 0 Å². The molecule has 1 radical (unpaired) electrons. The number of nitrogens with zero attached hydrogens (tertiary/aromatic N) is 3. The Kier molecular flexibility index (Phi) is 4.97. The van der Waals surface area contributed by atoms with Crippen molar-refractivity contribution in [2.75, 3.05) is 11.6 Å². The number of thioether (sulfide) groups is 1. The van der Waals surface area contributed by atoms with Gasteiger partial charge in [-0.3, -0.25) is 0 Å². The second-order valence-electron chi connectivity index (χ2n) is 5.86. The van der Waals surface area contributed by atoms with Crippen molar-refractivity contribution in [2.24, 2.45) is 0 Å². The fraction of sp³-hybridized carbons (Fsp3) is 0.167. The zero-order chi connectivity index (χ0) is 19.0. The van der Waals surface area contributed by atoms with Crippen LogP contribution in [0.4, 0.5) is 5.69 Å². The number of rotatable bonds is 3. The van der Waals surface area contributed by atoms with Gasteiger partial charge in [0, 0.05) is 15.7 Å². The standard InChI is InChI=1S/C18H15BBrN4O2S/c1-19-12-8-9(20)7-11(15(12)25)16-21-13-6-4-3-5-10(13)14-17(26-16)22-18(27-2)24-23-14/h3-8,16,21,25H,1-2H3. The van der Waals surface area contributed by atoms with Gasteiger partial charge in [-0.25, -0.2) is 0 Å². The molecule has 2 aromatic carbocycles. The highest BCUT2D eigenvalue weighted by molar-refractivity contribution is 9.10. The van der Waals surface area contributed by atoms with E-state index in [4.69, 9.17) is 4.74 Å². The molecule has 1 aromatic heterocycles. The second kappa shape index (κ2) is 7.40. The molecule has 0 fully saturated rings. The van der Waals surface area contributed by atoms with Gasteiger partial charge in [0.1, 0.15) is 5.75 Å². The Hall–Kier alpha value is -2.26. The first-order valence-electron chi connectivity index (χ1n) is 8.23. The number of nitrogens with one attached hydrogen (secondary N) is 1. The van der Waals surface area contributed by atoms with Crippen molar-refractivity contribution in [2.45, 2.75) is 18.2 Å². The van der Waals surface area contributed by atoms with E-state index >= 15 is 0 Å². The minimum absolute atomic E-state index is 0.159. The first-order chi connectivity index (χ1) is 13.1. The van der Waals surface area contributed by atoms with Gasteiger partial charge >= 0.3 is 0 Å². The summed E-state index contributed by atoms with van der Waals surface area (Å²) in [5, 5.41) is 23.1. The van der Waals surface area contributed by atoms with Crippen LogP contribution in [-0.4, -0.2) is 33.8 Å². The summed E-state index contributed by atoms with van der Waals surface area (Å²) in [6.45, 7) is 1.87. The molecule has 135 valence electrons. The number of para-hydroxylation sites is 1. The van der Waals surface area contributed by atoms with E-state index in [1.165, 1.54) is 11.8 Å². The highest BCUT2D eigenvalue weighted by Crippen LogP contribution is 2.40. The topological polar surface area (TPSA) is 80.2 Å². The van der Waals surface area contributed by atoms with Gasteiger partial charge in [-0.1, -0.05) is 58.8 Å². The number of aromatic hydroxyl groups is 1. The van der Waals surface area contributed by atoms with Gasteiger partial charge in [-0.2, -0.15) is 4.98 Å². The number of fused-ring (bicyclic) bond motifs is 3. The normalized spacial score (nSPS) is 15.0. The summed E-state index contributed by atoms with van der Waals surface area (Å²) in [4.78, 5) is 4.49. The van der Waals surface area contributed by atoms with E-state index in [2.05, 4.69) is 36.4 Å². The third-order valence-corrected chi connectivity index (χ3v) is 5.24. The van der Waals surface area contributed by atoms with Gasteiger partial charge in [0.2, 0.25) is 17.3 Å². The summed E-state index contributed by atoms with van der Waals surface area (Å²) in [6.07, 6.45) is 1.24. The molecule has 1 aliphatic heterocycles. The molecule has 3 aromatic rings. The lowest BCUT2D eigenvalue weighted by molar-refractivity contribution is 0.221. The van der Waals surface area contributed by atoms with Crippen LogP contribution in [0.2, 0.25) is 6.82 Å². The third-order valence-electron chi connectivity index (χ3n) is 4.24. The first-order valence-corrected chi connectivity index (χ1v) is 10.3. The van der Waals surface area contributed by atoms with E-state index in [9.17, 15) is 5.11 Å². The number of phenolic OH excluding ortho intramolecular Hbond substituents is 1. The molecule has 2 N–H and O–H groups in total. The number of halogens is 1. The Morgan fingerprint density at radius 3 is 2.85 bits per heavy atom. The third kappa shape index (κ3) is 3.37. The number of aromatic nitrogens is 3. The van der Waals surface area contributed by atoms with Gasteiger partial charge < -0.3 is 15.2 Å². The van der Waals surface area contributed by atoms with Crippen molar-refractivity contribution >= 4 is 46.1 Å². The SMILES string of the molecule is C[B]c1cc(Br)cc(C2Nc3ccccc3-c3nnc(SC)nc3O2)c1O. The molecule has 27 heavy (non-hydrogen) atoms. The molecule has 1 aliphatic rings. The molecular formula is C18H15BBrN4O2S. The number of hydrogen-bond acceptors (Lipinski definition) is 7. The molecule has 0 saturated carbocycles. The van der Waals surface area contributed by atoms with E-state index in [0.717, 1.165) is 15.7 Å². The largest absolute Gasteiger partial charge is 0.508 e. The quantitative estimate of drug-likeness (QED) is 0.474. The van der Waals surface area contributed by atoms with Crippen LogP contribution in [0, 0.1) is 0 Å². The molecular weight excluding hydrogens is 427 g/mol. The summed E-state index contributed by atoms with van der Waals surface area (Å²) < 4.78 is 7.02. The summed E-state index contributed by atoms with van der Waals surface area (Å²) in [6, 6.07) is 11.4. The lowest BCUT2D eigenvalue weighted by Crippen LogP contribution is -2.21. The maximum Gasteiger partial charge on any atom is 0.247 e. The average Bonchev–Trinajstić information content (AvgIpc) is 2.85. The van der Waals surface area contributed by atoms with Crippen molar-refractivity contribution in [3.8, 4) is 22.9 Å². The van der Waals surface area contributed by atoms with Gasteiger partial charge in [0.05, 0.1) is 5.56 Å². The van der Waals surface area contributed by atoms with Crippen LogP contribution in [0.5, 0.6) is 11.6 Å². The number of ether oxygens (including phenoxy) is 1. The molecule has 6 nitrogen and oxygen atoms in total. The van der Waals surface area contributed by atoms with E-state index in [1.807, 2.05) is 56.8 Å². The van der Waals surface area contributed by atoms with Crippen molar-refractivity contribution in [1.82, 2.24) is 15.2 Å². The van der Waals surface area contributed by atoms with Gasteiger partial charge in [-0.05, 0) is 23.9 Å². The molecule has 0 spiro atoms. The Morgan fingerprint density at radius 2 is 2.07 bits per heavy atom. The summed E-state index contributed by atoms with van der Waals surface area (Å²) >= 11 is 4.90. The lowest BCUT2D eigenvalue weighted by Gasteiger charge is -2.21. The maximum atomic E-state index is 10.7. The van der Waals surface area contributed by atoms with Gasteiger partial charge in [0.25, 0.3) is 0 Å². The van der Waals surface area contributed by atoms with E-state index in [0.29, 0.717) is 27.8 Å². The van der Waals surface area contributed by atoms with Crippen molar-refractivity contribution in [3.63, 3.8) is 0 Å². The van der Waals surface area contributed by atoms with E-state index in [-0.39, 0.29) is 5.75 Å². The number of hydrogen-bond donors (Lipinski definition) is 2. The number of anilines is 1. The molecule has 1 atom stereocenters. The van der Waals surface area contributed by atoms with Crippen LogP contribution >= 0.6 is 27.7 Å². The monoisotopic (exact) mass is 441 g/mol. The van der Waals surface area contributed by atoms with Crippen LogP contribution in [0.1, 0.15) is 11.8 Å². The number of phenols is 1. The molecule has 4 rings (SSSR count). The minimum Gasteiger partial charge on any atom is -0.508 e. The molecule has 0 bridgehead atoms. The van der Waals surface area contributed by atoms with Gasteiger partial charge in [0.15, 0.2) is 13.0 Å². The fourth-order valence-corrected chi connectivity index (χ4v) is 3.73. The molecule has 0 amide bonds. The minimum atomic E-state index is -0.644. The Morgan fingerprint density at radius 1 is 1.26 bits per heavy atom. The van der Waals surface area contributed by atoms with Crippen LogP contribution in [0.3, 0.4) is 0 Å². The fourth-order valence-electron chi connectivity index (χ4n) is 2.94. The van der Waals surface area contributed by atoms with Crippen molar-refractivity contribution < 1.29 is 9.84 Å². The molecule has 9 heteroatoms. The molecule has 0 saturated heterocycles. The summed E-state index contributed by atoms with van der Waals surface area (Å²) in [5.74, 6) is 0.532. The smallest absolute Gasteiger partial charge is 0.247 e. The average molecular weight is 442 g/mol. The summed E-state index contributed by atoms with van der Waals surface area (Å²) in [5.41, 5.74) is 3.56. The number of benzene rings is 2. The maximum absolute atomic E-state index is 10.7. The zero-order valence-electron chi connectivity index (χ0n) is 14.6. The molecule has 1 unspecified atom stereocenters. The Bertz CT molecular complexity index is 1020. The molecule has 0 aliphatic carbocycles. The summed E-state index contributed by atoms with van der Waals surface area (Å²) in [7, 11) is 1.84. The first kappa shape index (κ1) is 18.1. The Labute approximate surface area is 170 Å².